The van der Waals surface area contributed by atoms with E-state index in [0.29, 0.717) is 19.3 Å². The standard InChI is InChI=1S/C36H65NO13.C36H65NO12/c1-13-26-36(9,44)25(39)15-24(38)18(2)16-34(7,43)31(50-33-28(40)23(37(10)11)14-19(3)46-33)20(4)29(21(5)32(42)48-26)49-27-17-35(8,45-12)30(41)22(6)47-27;1-13-27-20(4)26(39)15-25(38)18(2)16-35(8,43)32(49-34-29(40)24(37(10)11)14-19(3)45-34)21(5)30(22(6)33(42)47-27)48-28-17-36(9,44-12)31(41)23(7)46-28/h18-23,25-31,33,39-41,43-44H,13-17H2,1-12H3;18-24,26-32,34,39-41,43H,13-17H2,1-12H3/t18-,19-,20+,21-,22+,23+,25-,26-,27?,28-,29+,30+,31-,33?,34-,35-,36+;18-,19-,20-,21+,22-,23+,24+,26-,27-,28?,29-,30+,31+,32-,34?,35-,36-/m11/s1. The molecule has 6 aliphatic heterocycles. The van der Waals surface area contributed by atoms with Gasteiger partial charge in [0.25, 0.3) is 0 Å². The molecule has 4 unspecified atom stereocenters. The van der Waals surface area contributed by atoms with Crippen LogP contribution in [0.25, 0.3) is 0 Å². The number of ketones is 2. The molecule has 27 heteroatoms. The van der Waals surface area contributed by atoms with Crippen molar-refractivity contribution in [3.05, 3.63) is 0 Å². The van der Waals surface area contributed by atoms with E-state index in [1.807, 2.05) is 58.8 Å². The molecule has 578 valence electrons. The number of Topliss-reactive ketones (excluding diaryl/α,β-unsaturated/α-hetero) is 2. The number of methoxy groups -OCH3 is 2. The number of ether oxygens (including phenoxy) is 12. The van der Waals surface area contributed by atoms with Crippen LogP contribution >= 0.6 is 0 Å². The van der Waals surface area contributed by atoms with E-state index in [-0.39, 0.29) is 68.6 Å². The molecule has 0 aromatic rings. The molecule has 0 aliphatic carbocycles. The lowest BCUT2D eigenvalue weighted by atomic mass is 9.76. The predicted molar refractivity (Wildman–Crippen MR) is 362 cm³/mol. The molecule has 0 amide bonds. The fourth-order valence-electron chi connectivity index (χ4n) is 15.9. The lowest BCUT2D eigenvalue weighted by Gasteiger charge is -2.49. The highest BCUT2D eigenvalue weighted by atomic mass is 16.7. The SMILES string of the molecule is CC[C@H]1OC(=O)[C@H](C)[C@@H](OC2C[C@@](C)(OC)[C@@H](O)[C@H](C)O2)[C@H](C)[C@@H](OC2O[C@H](C)C[C@H](N(C)C)[C@H]2O)[C@](C)(O)C[C@@H](C)C(=O)C[C@@H](O)[C@H]1C.CC[C@H]1OC(=O)[C@H](C)[C@@H](OC2C[C@@](C)(OC)[C@@H](O)[C@H](C)O2)[C@H](C)[C@@H](OC2O[C@H](C)C[C@H](N(C)C)[C@H]2O)[C@](C)(O)C[C@@H](C)C(=O)C[C@@H](O)[C@]1(C)O. The molecule has 0 radical (unpaired) electrons. The van der Waals surface area contributed by atoms with E-state index in [0.717, 1.165) is 0 Å². The summed E-state index contributed by atoms with van der Waals surface area (Å²) in [6.45, 7) is 30.5. The minimum absolute atomic E-state index is 0.0366. The first-order chi connectivity index (χ1) is 45.7. The van der Waals surface area contributed by atoms with Crippen molar-refractivity contribution >= 4 is 23.5 Å². The van der Waals surface area contributed by atoms with Crippen LogP contribution in [0.3, 0.4) is 0 Å². The third kappa shape index (κ3) is 20.9. The maximum Gasteiger partial charge on any atom is 0.311 e. The Bertz CT molecular complexity index is 2560. The lowest BCUT2D eigenvalue weighted by Crippen LogP contribution is -2.61. The molecule has 99 heavy (non-hydrogen) atoms. The van der Waals surface area contributed by atoms with E-state index in [4.69, 9.17) is 56.8 Å². The molecule has 9 N–H and O–H groups in total. The van der Waals surface area contributed by atoms with Gasteiger partial charge in [0.05, 0.1) is 95.3 Å². The van der Waals surface area contributed by atoms with Gasteiger partial charge in [-0.3, -0.25) is 19.2 Å². The zero-order valence-electron chi connectivity index (χ0n) is 63.8. The second-order valence-electron chi connectivity index (χ2n) is 31.8. The van der Waals surface area contributed by atoms with Crippen molar-refractivity contribution in [2.24, 2.45) is 41.4 Å². The van der Waals surface area contributed by atoms with Gasteiger partial charge in [0.2, 0.25) is 0 Å². The van der Waals surface area contributed by atoms with E-state index < -0.39 is 204 Å². The minimum atomic E-state index is -1.97. The van der Waals surface area contributed by atoms with Crippen LogP contribution in [-0.4, -0.2) is 285 Å². The number of hydrogen-bond acceptors (Lipinski definition) is 27. The fraction of sp³-hybridized carbons (Fsp3) is 0.944. The zero-order valence-corrected chi connectivity index (χ0v) is 63.8. The molecule has 6 saturated heterocycles. The van der Waals surface area contributed by atoms with E-state index >= 15 is 0 Å². The molecule has 0 aromatic carbocycles. The zero-order chi connectivity index (χ0) is 75.3. The largest absolute Gasteiger partial charge is 0.462 e. The Balaban J connectivity index is 0.000000357. The smallest absolute Gasteiger partial charge is 0.311 e. The molecule has 0 saturated carbocycles. The highest BCUT2D eigenvalue weighted by Gasteiger charge is 2.56. The molecule has 6 rings (SSSR count). The van der Waals surface area contributed by atoms with E-state index in [1.54, 1.807) is 90.0 Å². The van der Waals surface area contributed by atoms with Gasteiger partial charge in [-0.05, 0) is 143 Å². The van der Waals surface area contributed by atoms with Crippen molar-refractivity contribution < 1.29 is 122 Å². The van der Waals surface area contributed by atoms with Gasteiger partial charge in [0, 0.05) is 81.6 Å². The van der Waals surface area contributed by atoms with Gasteiger partial charge in [-0.1, -0.05) is 48.5 Å². The first kappa shape index (κ1) is 87.1. The molecule has 6 aliphatic rings. The summed E-state index contributed by atoms with van der Waals surface area (Å²) < 4.78 is 74.1. The van der Waals surface area contributed by atoms with Crippen molar-refractivity contribution in [3.8, 4) is 0 Å². The number of carbonyl (C=O) groups excluding carboxylic acids is 4. The Morgan fingerprint density at radius 1 is 0.495 bits per heavy atom. The quantitative estimate of drug-likeness (QED) is 0.111. The summed E-state index contributed by atoms with van der Waals surface area (Å²) in [5, 5.41) is 103. The number of carbonyl (C=O) groups is 4. The highest BCUT2D eigenvalue weighted by molar-refractivity contribution is 5.82. The second kappa shape index (κ2) is 35.7. The summed E-state index contributed by atoms with van der Waals surface area (Å²) in [6, 6.07) is -0.613. The normalized spacial score (nSPS) is 48.6. The third-order valence-electron chi connectivity index (χ3n) is 22.8. The minimum Gasteiger partial charge on any atom is -0.462 e. The molecule has 27 nitrogen and oxygen atoms in total. The molecule has 0 bridgehead atoms. The summed E-state index contributed by atoms with van der Waals surface area (Å²) in [5.41, 5.74) is -7.51. The van der Waals surface area contributed by atoms with Crippen LogP contribution < -0.4 is 0 Å². The molecule has 6 fully saturated rings. The molecular formula is C72H130N2O25. The molecule has 0 aromatic heterocycles. The van der Waals surface area contributed by atoms with Gasteiger partial charge in [0.1, 0.15) is 53.8 Å². The number of aliphatic hydroxyl groups is 9. The van der Waals surface area contributed by atoms with Crippen LogP contribution in [0, 0.1) is 41.4 Å². The van der Waals surface area contributed by atoms with Crippen molar-refractivity contribution in [3.63, 3.8) is 0 Å². The summed E-state index contributed by atoms with van der Waals surface area (Å²) in [4.78, 5) is 58.6. The number of cyclic esters (lactones) is 2. The number of esters is 2. The van der Waals surface area contributed by atoms with Crippen LogP contribution in [0.5, 0.6) is 0 Å². The van der Waals surface area contributed by atoms with E-state index in [2.05, 4.69) is 0 Å². The molecular weight excluding hydrogens is 1290 g/mol. The predicted octanol–water partition coefficient (Wildman–Crippen LogP) is 3.96. The van der Waals surface area contributed by atoms with Gasteiger partial charge in [-0.25, -0.2) is 0 Å². The Morgan fingerprint density at radius 2 is 0.869 bits per heavy atom. The lowest BCUT2D eigenvalue weighted by molar-refractivity contribution is -0.318. The van der Waals surface area contributed by atoms with Gasteiger partial charge >= 0.3 is 11.9 Å². The maximum atomic E-state index is 14.0. The monoisotopic (exact) mass is 1420 g/mol. The first-order valence-electron chi connectivity index (χ1n) is 36.1. The van der Waals surface area contributed by atoms with Gasteiger partial charge in [-0.2, -0.15) is 0 Å². The van der Waals surface area contributed by atoms with Crippen molar-refractivity contribution in [2.45, 2.75) is 352 Å². The number of likely N-dealkylation sites (N-methyl/N-ethyl adjacent to an activating group) is 2. The van der Waals surface area contributed by atoms with Crippen LogP contribution in [-0.2, 0) is 76.0 Å². The van der Waals surface area contributed by atoms with E-state index in [9.17, 15) is 65.1 Å². The summed E-state index contributed by atoms with van der Waals surface area (Å²) in [7, 11) is 10.4. The van der Waals surface area contributed by atoms with Crippen LogP contribution in [0.1, 0.15) is 189 Å². The number of rotatable bonds is 14. The topological polar surface area (TPSA) is 368 Å². The van der Waals surface area contributed by atoms with Crippen LogP contribution in [0.4, 0.5) is 0 Å². The Labute approximate surface area is 588 Å². The number of hydrogen-bond donors (Lipinski definition) is 9. The van der Waals surface area contributed by atoms with Crippen molar-refractivity contribution in [2.75, 3.05) is 42.4 Å². The van der Waals surface area contributed by atoms with Gasteiger partial charge in [-0.15, -0.1) is 0 Å². The maximum absolute atomic E-state index is 14.0. The Hall–Kier alpha value is -2.56. The summed E-state index contributed by atoms with van der Waals surface area (Å²) in [6.07, 6.45) is -18.0. The summed E-state index contributed by atoms with van der Waals surface area (Å²) >= 11 is 0. The van der Waals surface area contributed by atoms with Crippen molar-refractivity contribution in [1.29, 1.82) is 0 Å². The van der Waals surface area contributed by atoms with Gasteiger partial charge in [0.15, 0.2) is 25.2 Å². The molecule has 6 heterocycles. The third-order valence-corrected chi connectivity index (χ3v) is 22.8. The number of nitrogens with zero attached hydrogens (tertiary/aromatic N) is 2. The van der Waals surface area contributed by atoms with E-state index in [1.165, 1.54) is 28.1 Å². The fourth-order valence-corrected chi connectivity index (χ4v) is 15.9. The Morgan fingerprint density at radius 3 is 1.22 bits per heavy atom. The first-order valence-corrected chi connectivity index (χ1v) is 36.1. The van der Waals surface area contributed by atoms with Gasteiger partial charge < -0.3 is 113 Å². The van der Waals surface area contributed by atoms with Crippen LogP contribution in [0.15, 0.2) is 0 Å². The molecule has 34 atom stereocenters. The average Bonchev–Trinajstić information content (AvgIpc) is 0.784. The average molecular weight is 1420 g/mol. The number of aliphatic hydroxyl groups excluding tert-OH is 6. The highest BCUT2D eigenvalue weighted by Crippen LogP contribution is 2.44. The Kier molecular flexibility index (Phi) is 31.4. The molecule has 0 spiro atoms. The second-order valence-corrected chi connectivity index (χ2v) is 31.8. The van der Waals surface area contributed by atoms with Crippen molar-refractivity contribution in [1.82, 2.24) is 9.80 Å². The van der Waals surface area contributed by atoms with Crippen LogP contribution in [0.2, 0.25) is 0 Å². The summed E-state index contributed by atoms with van der Waals surface area (Å²) in [5.74, 6) is -7.60.